The van der Waals surface area contributed by atoms with Crippen molar-refractivity contribution in [3.05, 3.63) is 35.9 Å². The van der Waals surface area contributed by atoms with E-state index >= 15 is 0 Å². The Bertz CT molecular complexity index is 324. The summed E-state index contributed by atoms with van der Waals surface area (Å²) in [6.07, 6.45) is 1.43. The summed E-state index contributed by atoms with van der Waals surface area (Å²) in [4.78, 5) is 11.5. The van der Waals surface area contributed by atoms with Crippen molar-refractivity contribution in [2.75, 3.05) is 13.2 Å². The second kappa shape index (κ2) is 7.85. The van der Waals surface area contributed by atoms with Crippen LogP contribution in [0.3, 0.4) is 0 Å². The van der Waals surface area contributed by atoms with Gasteiger partial charge < -0.3 is 10.1 Å². The second-order valence-corrected chi connectivity index (χ2v) is 3.93. The third kappa shape index (κ3) is 5.00. The molecular weight excluding hydrogens is 214 g/mol. The van der Waals surface area contributed by atoms with Gasteiger partial charge >= 0.3 is 5.97 Å². The summed E-state index contributed by atoms with van der Waals surface area (Å²) in [5, 5.41) is 3.37. The van der Waals surface area contributed by atoms with Crippen LogP contribution in [0.4, 0.5) is 0 Å². The lowest BCUT2D eigenvalue weighted by Crippen LogP contribution is -2.25. The lowest BCUT2D eigenvalue weighted by Gasteiger charge is -2.18. The van der Waals surface area contributed by atoms with Gasteiger partial charge in [-0.1, -0.05) is 37.3 Å². The van der Waals surface area contributed by atoms with Crippen molar-refractivity contribution in [3.63, 3.8) is 0 Å². The van der Waals surface area contributed by atoms with Crippen LogP contribution in [-0.2, 0) is 9.53 Å². The predicted octanol–water partition coefficient (Wildman–Crippen LogP) is 2.68. The summed E-state index contributed by atoms with van der Waals surface area (Å²) in [5.74, 6) is -0.148. The van der Waals surface area contributed by atoms with Crippen LogP contribution in [0.1, 0.15) is 38.3 Å². The number of nitrogens with one attached hydrogen (secondary N) is 1. The highest BCUT2D eigenvalue weighted by Crippen LogP contribution is 2.17. The second-order valence-electron chi connectivity index (χ2n) is 3.93. The first-order valence-corrected chi connectivity index (χ1v) is 6.21. The third-order valence-electron chi connectivity index (χ3n) is 2.52. The van der Waals surface area contributed by atoms with Gasteiger partial charge in [-0.15, -0.1) is 0 Å². The molecule has 1 aromatic rings. The van der Waals surface area contributed by atoms with E-state index in [0.29, 0.717) is 13.0 Å². The van der Waals surface area contributed by atoms with Gasteiger partial charge in [0, 0.05) is 6.04 Å². The first-order chi connectivity index (χ1) is 8.27. The third-order valence-corrected chi connectivity index (χ3v) is 2.52. The summed E-state index contributed by atoms with van der Waals surface area (Å²) in [6, 6.07) is 10.1. The monoisotopic (exact) mass is 235 g/mol. The molecule has 0 spiro atoms. The Labute approximate surface area is 103 Å². The molecule has 0 saturated carbocycles. The summed E-state index contributed by atoms with van der Waals surface area (Å²) in [7, 11) is 0. The van der Waals surface area contributed by atoms with Crippen molar-refractivity contribution in [2.45, 2.75) is 32.7 Å². The molecule has 1 aromatic carbocycles. The maximum Gasteiger partial charge on any atom is 0.307 e. The minimum Gasteiger partial charge on any atom is -0.466 e. The van der Waals surface area contributed by atoms with E-state index in [9.17, 15) is 4.79 Å². The highest BCUT2D eigenvalue weighted by atomic mass is 16.5. The molecule has 3 heteroatoms. The molecule has 1 atom stereocenters. The molecule has 0 saturated heterocycles. The topological polar surface area (TPSA) is 38.3 Å². The fourth-order valence-electron chi connectivity index (χ4n) is 1.70. The summed E-state index contributed by atoms with van der Waals surface area (Å²) in [6.45, 7) is 5.28. The van der Waals surface area contributed by atoms with Crippen molar-refractivity contribution in [3.8, 4) is 0 Å². The van der Waals surface area contributed by atoms with E-state index in [1.165, 1.54) is 0 Å². The molecule has 0 amide bonds. The van der Waals surface area contributed by atoms with Gasteiger partial charge in [0.25, 0.3) is 0 Å². The maximum atomic E-state index is 11.5. The lowest BCUT2D eigenvalue weighted by atomic mass is 10.0. The number of hydrogen-bond acceptors (Lipinski definition) is 3. The molecule has 0 heterocycles. The maximum absolute atomic E-state index is 11.5. The SMILES string of the molecule is CCCNC(CC(=O)OCC)c1ccccc1. The molecule has 1 rings (SSSR count). The minimum atomic E-state index is -0.148. The molecule has 1 N–H and O–H groups in total. The Balaban J connectivity index is 2.63. The van der Waals surface area contributed by atoms with E-state index in [0.717, 1.165) is 18.5 Å². The molecule has 0 aliphatic carbocycles. The zero-order valence-corrected chi connectivity index (χ0v) is 10.6. The Kier molecular flexibility index (Phi) is 6.33. The Hall–Kier alpha value is -1.35. The van der Waals surface area contributed by atoms with E-state index in [1.54, 1.807) is 0 Å². The van der Waals surface area contributed by atoms with Crippen molar-refractivity contribution in [1.29, 1.82) is 0 Å². The summed E-state index contributed by atoms with van der Waals surface area (Å²) < 4.78 is 4.99. The van der Waals surface area contributed by atoms with Gasteiger partial charge in [-0.25, -0.2) is 0 Å². The van der Waals surface area contributed by atoms with Gasteiger partial charge in [0.1, 0.15) is 0 Å². The number of hydrogen-bond donors (Lipinski definition) is 1. The van der Waals surface area contributed by atoms with Gasteiger partial charge in [-0.05, 0) is 25.5 Å². The molecular formula is C14H21NO2. The quantitative estimate of drug-likeness (QED) is 0.738. The van der Waals surface area contributed by atoms with Crippen molar-refractivity contribution >= 4 is 5.97 Å². The van der Waals surface area contributed by atoms with Crippen molar-refractivity contribution in [2.24, 2.45) is 0 Å². The molecule has 0 aliphatic heterocycles. The largest absolute Gasteiger partial charge is 0.466 e. The fraction of sp³-hybridized carbons (Fsp3) is 0.500. The molecule has 0 fully saturated rings. The number of benzene rings is 1. The first kappa shape index (κ1) is 13.7. The van der Waals surface area contributed by atoms with Gasteiger partial charge in [-0.2, -0.15) is 0 Å². The summed E-state index contributed by atoms with van der Waals surface area (Å²) in [5.41, 5.74) is 1.13. The Morgan fingerprint density at radius 2 is 2.00 bits per heavy atom. The standard InChI is InChI=1S/C14H21NO2/c1-3-10-15-13(11-14(16)17-4-2)12-8-6-5-7-9-12/h5-9,13,15H,3-4,10-11H2,1-2H3. The van der Waals surface area contributed by atoms with Gasteiger partial charge in [0.15, 0.2) is 0 Å². The highest BCUT2D eigenvalue weighted by molar-refractivity contribution is 5.70. The average molecular weight is 235 g/mol. The first-order valence-electron chi connectivity index (χ1n) is 6.21. The van der Waals surface area contributed by atoms with E-state index < -0.39 is 0 Å². The van der Waals surface area contributed by atoms with E-state index in [-0.39, 0.29) is 12.0 Å². The smallest absolute Gasteiger partial charge is 0.307 e. The number of esters is 1. The van der Waals surface area contributed by atoms with Crippen LogP contribution in [0.5, 0.6) is 0 Å². The molecule has 0 bridgehead atoms. The molecule has 0 radical (unpaired) electrons. The lowest BCUT2D eigenvalue weighted by molar-refractivity contribution is -0.143. The van der Waals surface area contributed by atoms with E-state index in [1.807, 2.05) is 37.3 Å². The molecule has 1 unspecified atom stereocenters. The van der Waals surface area contributed by atoms with Crippen LogP contribution in [0.15, 0.2) is 30.3 Å². The fourth-order valence-corrected chi connectivity index (χ4v) is 1.70. The number of carbonyl (C=O) groups is 1. The van der Waals surface area contributed by atoms with Gasteiger partial charge in [-0.3, -0.25) is 4.79 Å². The molecule has 3 nitrogen and oxygen atoms in total. The van der Waals surface area contributed by atoms with Crippen LogP contribution in [0.2, 0.25) is 0 Å². The molecule has 0 aromatic heterocycles. The van der Waals surface area contributed by atoms with Gasteiger partial charge in [0.05, 0.1) is 13.0 Å². The van der Waals surface area contributed by atoms with Crippen LogP contribution in [0, 0.1) is 0 Å². The normalized spacial score (nSPS) is 12.1. The number of ether oxygens (including phenoxy) is 1. The Morgan fingerprint density at radius 3 is 2.59 bits per heavy atom. The molecule has 17 heavy (non-hydrogen) atoms. The van der Waals surface area contributed by atoms with Crippen molar-refractivity contribution < 1.29 is 9.53 Å². The number of carbonyl (C=O) groups excluding carboxylic acids is 1. The van der Waals surface area contributed by atoms with Crippen molar-refractivity contribution in [1.82, 2.24) is 5.32 Å². The zero-order valence-electron chi connectivity index (χ0n) is 10.6. The van der Waals surface area contributed by atoms with Crippen LogP contribution in [0.25, 0.3) is 0 Å². The molecule has 94 valence electrons. The number of rotatable bonds is 7. The van der Waals surface area contributed by atoms with E-state index in [2.05, 4.69) is 12.2 Å². The van der Waals surface area contributed by atoms with Crippen LogP contribution < -0.4 is 5.32 Å². The average Bonchev–Trinajstić information content (AvgIpc) is 2.36. The van der Waals surface area contributed by atoms with Crippen LogP contribution >= 0.6 is 0 Å². The van der Waals surface area contributed by atoms with Gasteiger partial charge in [0.2, 0.25) is 0 Å². The zero-order chi connectivity index (χ0) is 12.5. The van der Waals surface area contributed by atoms with E-state index in [4.69, 9.17) is 4.74 Å². The molecule has 0 aliphatic rings. The summed E-state index contributed by atoms with van der Waals surface area (Å²) >= 11 is 0. The Morgan fingerprint density at radius 1 is 1.29 bits per heavy atom. The minimum absolute atomic E-state index is 0.0511. The van der Waals surface area contributed by atoms with Crippen LogP contribution in [-0.4, -0.2) is 19.1 Å². The predicted molar refractivity (Wildman–Crippen MR) is 68.7 cm³/mol. The highest BCUT2D eigenvalue weighted by Gasteiger charge is 2.15.